The van der Waals surface area contributed by atoms with Crippen molar-refractivity contribution in [2.45, 2.75) is 36.8 Å². The van der Waals surface area contributed by atoms with Crippen LogP contribution in [0.1, 0.15) is 40.4 Å². The number of nitrogens with zero attached hydrogens (tertiary/aromatic N) is 2. The van der Waals surface area contributed by atoms with Crippen molar-refractivity contribution in [1.29, 1.82) is 0 Å². The third-order valence-electron chi connectivity index (χ3n) is 3.99. The highest BCUT2D eigenvalue weighted by atomic mass is 32.2. The number of aromatic nitrogens is 1. The monoisotopic (exact) mass is 438 g/mol. The predicted molar refractivity (Wildman–Crippen MR) is 103 cm³/mol. The van der Waals surface area contributed by atoms with Crippen molar-refractivity contribution in [3.8, 4) is 0 Å². The van der Waals surface area contributed by atoms with Crippen LogP contribution in [0, 0.1) is 18.7 Å². The van der Waals surface area contributed by atoms with E-state index in [2.05, 4.69) is 4.98 Å². The van der Waals surface area contributed by atoms with E-state index in [0.717, 1.165) is 12.1 Å². The van der Waals surface area contributed by atoms with E-state index >= 15 is 0 Å². The lowest BCUT2D eigenvalue weighted by Gasteiger charge is -2.34. The summed E-state index contributed by atoms with van der Waals surface area (Å²) in [6.07, 6.45) is -11.9. The standard InChI is InChI=1S/C20H22F3N3O2S/c1-13-2-5-18(6-3-13)29(27,28)26-12-15-8-14(15)9-17(26)11-25-19-7-4-16(10-24-19)20(21,22)23/h2-7,10,14-15,17H,8-9,11-12H2,1H3,(H,24,25)/t14-,15+,17+/m1/s1/i4D,7D,9D2,10D,11D2,12D2,14D,15D,17D/hD. The highest BCUT2D eigenvalue weighted by molar-refractivity contribution is 7.89. The summed E-state index contributed by atoms with van der Waals surface area (Å²) in [5.41, 5.74) is -1.49. The number of pyridine rings is 1. The van der Waals surface area contributed by atoms with E-state index in [9.17, 15) is 21.6 Å². The van der Waals surface area contributed by atoms with Gasteiger partial charge in [0.25, 0.3) is 0 Å². The highest BCUT2D eigenvalue weighted by Crippen LogP contribution is 2.48. The number of anilines is 1. The second-order valence-corrected chi connectivity index (χ2v) is 7.98. The summed E-state index contributed by atoms with van der Waals surface area (Å²) in [6.45, 7) is -6.33. The molecule has 29 heavy (non-hydrogen) atoms. The van der Waals surface area contributed by atoms with Gasteiger partial charge in [0.05, 0.1) is 17.3 Å². The Hall–Kier alpha value is -2.13. The fraction of sp³-hybridized carbons (Fsp3) is 0.450. The molecular weight excluding hydrogens is 403 g/mol. The molecule has 1 aromatic heterocycles. The maximum Gasteiger partial charge on any atom is 0.417 e. The molecule has 1 aliphatic heterocycles. The maximum atomic E-state index is 13.9. The minimum absolute atomic E-state index is 0.522. The molecule has 2 aliphatic rings. The number of hydrogen-bond acceptors (Lipinski definition) is 4. The van der Waals surface area contributed by atoms with E-state index in [1.807, 2.05) is 0 Å². The van der Waals surface area contributed by atoms with Crippen LogP contribution >= 0.6 is 0 Å². The van der Waals surface area contributed by atoms with Crippen molar-refractivity contribution >= 4 is 15.8 Å². The number of sulfonamides is 1. The molecule has 2 heterocycles. The Bertz CT molecular complexity index is 1580. The van der Waals surface area contributed by atoms with Gasteiger partial charge in [0.15, 0.2) is 1.41 Å². The van der Waals surface area contributed by atoms with Crippen LogP contribution in [0.3, 0.4) is 0 Å². The van der Waals surface area contributed by atoms with Crippen LogP contribution in [0.2, 0.25) is 1.41 Å². The molecule has 1 saturated heterocycles. The number of alkyl halides is 3. The molecule has 4 rings (SSSR count). The summed E-state index contributed by atoms with van der Waals surface area (Å²) in [5, 5.41) is -0.674. The fourth-order valence-corrected chi connectivity index (χ4v) is 3.62. The lowest BCUT2D eigenvalue weighted by molar-refractivity contribution is -0.137. The van der Waals surface area contributed by atoms with Gasteiger partial charge in [0.2, 0.25) is 10.0 Å². The summed E-state index contributed by atoms with van der Waals surface area (Å²) >= 11 is 0. The molecule has 1 saturated carbocycles. The van der Waals surface area contributed by atoms with Crippen LogP contribution in [-0.4, -0.2) is 36.7 Å². The SMILES string of the molecule is [2H]c1nc(N([2H])C([2H])([2H])[C@@]2([2H])N(S(=O)(=O)c3ccc(C)cc3)C([2H])([2H])[C@]3([2H])C[C@]3([2H])C2([2H])[2H])c([2H])c([2H])c1C(F)(F)F. The van der Waals surface area contributed by atoms with Gasteiger partial charge in [-0.1, -0.05) is 17.7 Å². The Morgan fingerprint density at radius 2 is 2.10 bits per heavy atom. The van der Waals surface area contributed by atoms with Crippen LogP contribution in [0.4, 0.5) is 19.0 Å². The second kappa shape index (κ2) is 7.28. The van der Waals surface area contributed by atoms with Crippen molar-refractivity contribution in [2.24, 2.45) is 11.8 Å². The molecule has 1 aliphatic carbocycles. The smallest absolute Gasteiger partial charge is 0.368 e. The predicted octanol–water partition coefficient (Wildman–Crippen LogP) is 3.92. The van der Waals surface area contributed by atoms with Crippen molar-refractivity contribution in [3.05, 3.63) is 53.7 Å². The summed E-state index contributed by atoms with van der Waals surface area (Å²) < 4.78 is 177. The number of benzene rings is 1. The van der Waals surface area contributed by atoms with Crippen LogP contribution in [0.15, 0.2) is 47.4 Å². The minimum atomic E-state index is -5.50. The summed E-state index contributed by atoms with van der Waals surface area (Å²) in [4.78, 5) is 2.31. The number of fused-ring (bicyclic) bond motifs is 1. The minimum Gasteiger partial charge on any atom is -0.368 e. The normalized spacial score (nSPS) is 42.8. The summed E-state index contributed by atoms with van der Waals surface area (Å²) in [6, 6.07) is -3.13. The van der Waals surface area contributed by atoms with Crippen molar-refractivity contribution in [2.75, 3.05) is 18.3 Å². The summed E-state index contributed by atoms with van der Waals surface area (Å²) in [7, 11) is -5.50. The first-order chi connectivity index (χ1) is 18.7. The molecule has 0 bridgehead atoms. The van der Waals surface area contributed by atoms with Crippen LogP contribution < -0.4 is 5.31 Å². The number of nitrogens with one attached hydrogen (secondary N) is 1. The molecule has 0 unspecified atom stereocenters. The Balaban J connectivity index is 2.04. The number of hydrogen-bond donors (Lipinski definition) is 1. The van der Waals surface area contributed by atoms with Gasteiger partial charge in [-0.25, -0.2) is 13.4 Å². The Labute approximate surface area is 186 Å². The van der Waals surface area contributed by atoms with Gasteiger partial charge in [-0.05, 0) is 55.7 Å². The fourth-order valence-electron chi connectivity index (χ4n) is 2.38. The van der Waals surface area contributed by atoms with Crippen LogP contribution in [0.5, 0.6) is 0 Å². The summed E-state index contributed by atoms with van der Waals surface area (Å²) in [5.74, 6) is -7.35. The van der Waals surface area contributed by atoms with E-state index in [4.69, 9.17) is 17.9 Å². The molecule has 1 N–H and O–H groups in total. The van der Waals surface area contributed by atoms with Crippen molar-refractivity contribution < 1.29 is 39.4 Å². The largest absolute Gasteiger partial charge is 0.417 e. The molecule has 1 aromatic carbocycles. The van der Waals surface area contributed by atoms with Gasteiger partial charge in [-0.15, -0.1) is 0 Å². The van der Waals surface area contributed by atoms with Gasteiger partial charge >= 0.3 is 6.18 Å². The average Bonchev–Trinajstić information content (AvgIpc) is 3.44. The van der Waals surface area contributed by atoms with Gasteiger partial charge in [-0.2, -0.15) is 17.5 Å². The first kappa shape index (κ1) is 9.78. The van der Waals surface area contributed by atoms with Gasteiger partial charge in [-0.3, -0.25) is 0 Å². The first-order valence-electron chi connectivity index (χ1n) is 14.6. The lowest BCUT2D eigenvalue weighted by atomic mass is 10.0. The van der Waals surface area contributed by atoms with Gasteiger partial charge in [0.1, 0.15) is 5.82 Å². The van der Waals surface area contributed by atoms with E-state index in [-0.39, 0.29) is 0 Å². The van der Waals surface area contributed by atoms with E-state index < -0.39 is 104 Å². The molecule has 3 atom stereocenters. The zero-order chi connectivity index (χ0) is 32.4. The number of piperidine rings is 1. The van der Waals surface area contributed by atoms with Crippen molar-refractivity contribution in [3.63, 3.8) is 0 Å². The molecular formula is C20H22F3N3O2S. The Kier molecular flexibility index (Phi) is 2.46. The topological polar surface area (TPSA) is 62.3 Å². The first-order valence-corrected chi connectivity index (χ1v) is 9.60. The number of halogens is 3. The van der Waals surface area contributed by atoms with Gasteiger partial charge in [0, 0.05) is 34.8 Å². The molecule has 5 nitrogen and oxygen atoms in total. The lowest BCUT2D eigenvalue weighted by Crippen LogP contribution is -2.47. The highest BCUT2D eigenvalue weighted by Gasteiger charge is 2.49. The zero-order valence-electron chi connectivity index (χ0n) is 27.7. The zero-order valence-corrected chi connectivity index (χ0v) is 15.5. The third-order valence-corrected chi connectivity index (χ3v) is 5.61. The molecule has 0 amide bonds. The second-order valence-electron chi connectivity index (χ2n) is 6.20. The molecule has 9 heteroatoms. The van der Waals surface area contributed by atoms with Crippen LogP contribution in [-0.2, 0) is 16.2 Å². The number of rotatable bonds is 5. The van der Waals surface area contributed by atoms with E-state index in [1.165, 1.54) is 12.1 Å². The molecule has 0 spiro atoms. The molecule has 2 aromatic rings. The third kappa shape index (κ3) is 4.25. The van der Waals surface area contributed by atoms with Gasteiger partial charge < -0.3 is 5.31 Å². The Morgan fingerprint density at radius 3 is 2.79 bits per heavy atom. The number of aryl methyl sites for hydroxylation is 1. The molecule has 0 radical (unpaired) electrons. The van der Waals surface area contributed by atoms with E-state index in [0.29, 0.717) is 5.56 Å². The average molecular weight is 439 g/mol. The van der Waals surface area contributed by atoms with Crippen LogP contribution in [0.25, 0.3) is 0 Å². The van der Waals surface area contributed by atoms with Crippen molar-refractivity contribution in [1.82, 2.24) is 9.29 Å². The molecule has 156 valence electrons. The maximum absolute atomic E-state index is 13.9. The molecule has 2 fully saturated rings. The Morgan fingerprint density at radius 1 is 1.38 bits per heavy atom. The van der Waals surface area contributed by atoms with E-state index in [1.54, 1.807) is 6.92 Å². The quantitative estimate of drug-likeness (QED) is 0.769.